The van der Waals surface area contributed by atoms with Crippen LogP contribution in [-0.2, 0) is 6.42 Å². The molecule has 4 heteroatoms. The largest absolute Gasteiger partial charge is 0.350 e. The van der Waals surface area contributed by atoms with Gasteiger partial charge in [-0.3, -0.25) is 4.90 Å². The zero-order valence-electron chi connectivity index (χ0n) is 9.44. The Balaban J connectivity index is 1.88. The summed E-state index contributed by atoms with van der Waals surface area (Å²) in [7, 11) is 0. The molecule has 2 N–H and O–H groups in total. The smallest absolute Gasteiger partial charge is 0.168 e. The SMILES string of the molecule is CC(Cc1ccccc1)N1CNC(=S)NC1. The van der Waals surface area contributed by atoms with Gasteiger partial charge in [0, 0.05) is 6.04 Å². The van der Waals surface area contributed by atoms with Gasteiger partial charge in [0.1, 0.15) is 0 Å². The average Bonchev–Trinajstić information content (AvgIpc) is 2.31. The van der Waals surface area contributed by atoms with E-state index in [4.69, 9.17) is 12.2 Å². The molecule has 0 spiro atoms. The molecule has 1 atom stereocenters. The summed E-state index contributed by atoms with van der Waals surface area (Å²) in [5.74, 6) is 0. The van der Waals surface area contributed by atoms with Crippen LogP contribution >= 0.6 is 12.2 Å². The maximum absolute atomic E-state index is 5.03. The van der Waals surface area contributed by atoms with E-state index in [0.717, 1.165) is 24.9 Å². The molecule has 0 radical (unpaired) electrons. The van der Waals surface area contributed by atoms with Gasteiger partial charge in [0.15, 0.2) is 5.11 Å². The van der Waals surface area contributed by atoms with Crippen molar-refractivity contribution in [1.29, 1.82) is 0 Å². The first-order valence-corrected chi connectivity index (χ1v) is 5.96. The predicted molar refractivity (Wildman–Crippen MR) is 70.1 cm³/mol. The van der Waals surface area contributed by atoms with Crippen molar-refractivity contribution in [3.05, 3.63) is 35.9 Å². The van der Waals surface area contributed by atoms with Crippen molar-refractivity contribution >= 4 is 17.3 Å². The van der Waals surface area contributed by atoms with Crippen LogP contribution in [0.1, 0.15) is 12.5 Å². The van der Waals surface area contributed by atoms with Crippen LogP contribution in [0.2, 0.25) is 0 Å². The Morgan fingerprint density at radius 2 is 1.88 bits per heavy atom. The first-order chi connectivity index (χ1) is 7.75. The quantitative estimate of drug-likeness (QED) is 0.773. The van der Waals surface area contributed by atoms with Gasteiger partial charge in [-0.05, 0) is 31.1 Å². The highest BCUT2D eigenvalue weighted by molar-refractivity contribution is 7.80. The molecule has 2 rings (SSSR count). The van der Waals surface area contributed by atoms with Crippen molar-refractivity contribution < 1.29 is 0 Å². The molecule has 1 aromatic rings. The fraction of sp³-hybridized carbons (Fsp3) is 0.417. The summed E-state index contributed by atoms with van der Waals surface area (Å²) in [5.41, 5.74) is 1.38. The van der Waals surface area contributed by atoms with E-state index < -0.39 is 0 Å². The average molecular weight is 235 g/mol. The first kappa shape index (κ1) is 11.4. The van der Waals surface area contributed by atoms with Gasteiger partial charge in [0.05, 0.1) is 13.3 Å². The first-order valence-electron chi connectivity index (χ1n) is 5.55. The summed E-state index contributed by atoms with van der Waals surface area (Å²) in [6, 6.07) is 11.1. The molecule has 1 heterocycles. The molecule has 0 amide bonds. The van der Waals surface area contributed by atoms with Crippen molar-refractivity contribution in [3.8, 4) is 0 Å². The van der Waals surface area contributed by atoms with Crippen LogP contribution in [0, 0.1) is 0 Å². The minimum absolute atomic E-state index is 0.505. The highest BCUT2D eigenvalue weighted by atomic mass is 32.1. The molecule has 0 saturated carbocycles. The van der Waals surface area contributed by atoms with Crippen molar-refractivity contribution in [2.45, 2.75) is 19.4 Å². The molecule has 1 unspecified atom stereocenters. The Labute approximate surface area is 102 Å². The standard InChI is InChI=1S/C12H17N3S/c1-10(7-11-5-3-2-4-6-11)15-8-13-12(16)14-9-15/h2-6,10H,7-9H2,1H3,(H2,13,14,16). The Bertz CT molecular complexity index is 343. The molecule has 1 aliphatic heterocycles. The van der Waals surface area contributed by atoms with Crippen LogP contribution in [0.25, 0.3) is 0 Å². The molecule has 0 bridgehead atoms. The third-order valence-corrected chi connectivity index (χ3v) is 3.17. The van der Waals surface area contributed by atoms with Gasteiger partial charge in [0.2, 0.25) is 0 Å². The van der Waals surface area contributed by atoms with E-state index >= 15 is 0 Å². The van der Waals surface area contributed by atoms with Crippen LogP contribution in [0.15, 0.2) is 30.3 Å². The lowest BCUT2D eigenvalue weighted by Crippen LogP contribution is -2.56. The van der Waals surface area contributed by atoms with Gasteiger partial charge in [-0.2, -0.15) is 0 Å². The highest BCUT2D eigenvalue weighted by Gasteiger charge is 2.17. The Hall–Kier alpha value is -1.13. The highest BCUT2D eigenvalue weighted by Crippen LogP contribution is 2.08. The zero-order chi connectivity index (χ0) is 11.4. The molecule has 3 nitrogen and oxygen atoms in total. The van der Waals surface area contributed by atoms with Gasteiger partial charge in [0.25, 0.3) is 0 Å². The third-order valence-electron chi connectivity index (χ3n) is 2.88. The van der Waals surface area contributed by atoms with Gasteiger partial charge >= 0.3 is 0 Å². The lowest BCUT2D eigenvalue weighted by atomic mass is 10.1. The fourth-order valence-electron chi connectivity index (χ4n) is 1.86. The second kappa shape index (κ2) is 5.27. The summed E-state index contributed by atoms with van der Waals surface area (Å²) < 4.78 is 0. The van der Waals surface area contributed by atoms with E-state index in [2.05, 4.69) is 52.8 Å². The normalized spacial score (nSPS) is 18.7. The number of thiocarbonyl (C=S) groups is 1. The molecular formula is C12H17N3S. The Morgan fingerprint density at radius 3 is 2.50 bits per heavy atom. The van der Waals surface area contributed by atoms with E-state index in [1.807, 2.05) is 0 Å². The van der Waals surface area contributed by atoms with Gasteiger partial charge in [-0.15, -0.1) is 0 Å². The van der Waals surface area contributed by atoms with E-state index in [1.54, 1.807) is 0 Å². The topological polar surface area (TPSA) is 27.3 Å². The van der Waals surface area contributed by atoms with E-state index in [9.17, 15) is 0 Å². The lowest BCUT2D eigenvalue weighted by Gasteiger charge is -2.34. The maximum Gasteiger partial charge on any atom is 0.168 e. The van der Waals surface area contributed by atoms with Crippen molar-refractivity contribution in [1.82, 2.24) is 15.5 Å². The van der Waals surface area contributed by atoms with Crippen molar-refractivity contribution in [2.24, 2.45) is 0 Å². The molecule has 0 aliphatic carbocycles. The van der Waals surface area contributed by atoms with E-state index in [0.29, 0.717) is 6.04 Å². The van der Waals surface area contributed by atoms with Crippen LogP contribution in [0.5, 0.6) is 0 Å². The van der Waals surface area contributed by atoms with Crippen molar-refractivity contribution in [3.63, 3.8) is 0 Å². The Morgan fingerprint density at radius 1 is 1.25 bits per heavy atom. The second-order valence-corrected chi connectivity index (χ2v) is 4.53. The van der Waals surface area contributed by atoms with Crippen molar-refractivity contribution in [2.75, 3.05) is 13.3 Å². The third kappa shape index (κ3) is 2.93. The molecule has 1 fully saturated rings. The summed E-state index contributed by atoms with van der Waals surface area (Å²) in [6.45, 7) is 3.91. The van der Waals surface area contributed by atoms with Gasteiger partial charge in [-0.1, -0.05) is 30.3 Å². The summed E-state index contributed by atoms with van der Waals surface area (Å²) in [4.78, 5) is 2.34. The number of hydrogen-bond acceptors (Lipinski definition) is 2. The van der Waals surface area contributed by atoms with E-state index in [-0.39, 0.29) is 0 Å². The summed E-state index contributed by atoms with van der Waals surface area (Å²) in [5, 5.41) is 7.04. The van der Waals surface area contributed by atoms with Crippen LogP contribution in [-0.4, -0.2) is 29.4 Å². The summed E-state index contributed by atoms with van der Waals surface area (Å²) in [6.07, 6.45) is 1.07. The lowest BCUT2D eigenvalue weighted by molar-refractivity contribution is 0.184. The van der Waals surface area contributed by atoms with Crippen LogP contribution in [0.3, 0.4) is 0 Å². The molecule has 0 aromatic heterocycles. The maximum atomic E-state index is 5.03. The summed E-state index contributed by atoms with van der Waals surface area (Å²) >= 11 is 5.03. The number of rotatable bonds is 3. The number of nitrogens with zero attached hydrogens (tertiary/aromatic N) is 1. The van der Waals surface area contributed by atoms with Gasteiger partial charge in [-0.25, -0.2) is 0 Å². The number of nitrogens with one attached hydrogen (secondary N) is 2. The molecular weight excluding hydrogens is 218 g/mol. The fourth-order valence-corrected chi connectivity index (χ4v) is 1.99. The number of hydrogen-bond donors (Lipinski definition) is 2. The van der Waals surface area contributed by atoms with Crippen LogP contribution < -0.4 is 10.6 Å². The monoisotopic (exact) mass is 235 g/mol. The molecule has 16 heavy (non-hydrogen) atoms. The molecule has 1 aliphatic rings. The zero-order valence-corrected chi connectivity index (χ0v) is 10.3. The van der Waals surface area contributed by atoms with Crippen LogP contribution in [0.4, 0.5) is 0 Å². The minimum Gasteiger partial charge on any atom is -0.350 e. The Kier molecular flexibility index (Phi) is 3.74. The minimum atomic E-state index is 0.505. The van der Waals surface area contributed by atoms with E-state index in [1.165, 1.54) is 5.56 Å². The van der Waals surface area contributed by atoms with Gasteiger partial charge < -0.3 is 10.6 Å². The number of benzene rings is 1. The molecule has 1 aromatic carbocycles. The second-order valence-electron chi connectivity index (χ2n) is 4.13. The molecule has 86 valence electrons. The molecule has 1 saturated heterocycles. The predicted octanol–water partition coefficient (Wildman–Crippen LogP) is 1.31.